The van der Waals surface area contributed by atoms with Gasteiger partial charge in [-0.25, -0.2) is 4.79 Å². The lowest BCUT2D eigenvalue weighted by Gasteiger charge is -2.20. The van der Waals surface area contributed by atoms with Crippen LogP contribution in [0.2, 0.25) is 5.02 Å². The molecular formula is C16H16ClNO2. The molecule has 0 aliphatic carbocycles. The lowest BCUT2D eigenvalue weighted by Crippen LogP contribution is -2.16. The Hall–Kier alpha value is -2.00. The van der Waals surface area contributed by atoms with Crippen molar-refractivity contribution in [3.8, 4) is 0 Å². The number of halogens is 1. The van der Waals surface area contributed by atoms with Crippen LogP contribution < -0.4 is 4.90 Å². The van der Waals surface area contributed by atoms with E-state index in [2.05, 4.69) is 4.90 Å². The van der Waals surface area contributed by atoms with Crippen molar-refractivity contribution in [2.24, 2.45) is 0 Å². The Labute approximate surface area is 123 Å². The molecule has 0 amide bonds. The molecule has 104 valence electrons. The minimum Gasteiger partial charge on any atom is -0.478 e. The molecule has 0 aliphatic heterocycles. The van der Waals surface area contributed by atoms with Crippen LogP contribution in [0.1, 0.15) is 21.5 Å². The van der Waals surface area contributed by atoms with E-state index in [1.54, 1.807) is 13.0 Å². The molecule has 1 N–H and O–H groups in total. The monoisotopic (exact) mass is 289 g/mol. The largest absolute Gasteiger partial charge is 0.478 e. The third-order valence-electron chi connectivity index (χ3n) is 3.19. The highest BCUT2D eigenvalue weighted by atomic mass is 35.5. The van der Waals surface area contributed by atoms with Gasteiger partial charge in [-0.1, -0.05) is 23.7 Å². The predicted octanol–water partition coefficient (Wildman–Crippen LogP) is 3.98. The van der Waals surface area contributed by atoms with Crippen molar-refractivity contribution in [1.29, 1.82) is 0 Å². The summed E-state index contributed by atoms with van der Waals surface area (Å²) < 4.78 is 0. The Balaban J connectivity index is 2.19. The molecule has 4 heteroatoms. The highest BCUT2D eigenvalue weighted by Crippen LogP contribution is 2.21. The van der Waals surface area contributed by atoms with E-state index in [-0.39, 0.29) is 0 Å². The van der Waals surface area contributed by atoms with Crippen molar-refractivity contribution in [3.63, 3.8) is 0 Å². The minimum absolute atomic E-state index is 0.338. The standard InChI is InChI=1S/C16H16ClNO2/c1-11-8-14(6-7-15(11)16(19)20)18(2)10-12-4-3-5-13(17)9-12/h3-9H,10H2,1-2H3,(H,19,20). The normalized spacial score (nSPS) is 10.3. The first-order chi connectivity index (χ1) is 9.47. The van der Waals surface area contributed by atoms with E-state index in [1.165, 1.54) is 0 Å². The van der Waals surface area contributed by atoms with E-state index in [1.807, 2.05) is 43.4 Å². The Morgan fingerprint density at radius 2 is 2.00 bits per heavy atom. The van der Waals surface area contributed by atoms with Gasteiger partial charge >= 0.3 is 5.97 Å². The van der Waals surface area contributed by atoms with Crippen LogP contribution in [-0.4, -0.2) is 18.1 Å². The number of rotatable bonds is 4. The van der Waals surface area contributed by atoms with Gasteiger partial charge in [0, 0.05) is 24.3 Å². The topological polar surface area (TPSA) is 40.5 Å². The van der Waals surface area contributed by atoms with Gasteiger partial charge in [0.25, 0.3) is 0 Å². The maximum absolute atomic E-state index is 11.0. The van der Waals surface area contributed by atoms with Gasteiger partial charge in [-0.3, -0.25) is 0 Å². The Kier molecular flexibility index (Phi) is 4.30. The average molecular weight is 290 g/mol. The fourth-order valence-electron chi connectivity index (χ4n) is 2.13. The summed E-state index contributed by atoms with van der Waals surface area (Å²) in [6, 6.07) is 13.1. The number of carboxylic acid groups (broad SMARTS) is 1. The van der Waals surface area contributed by atoms with Crippen molar-refractivity contribution >= 4 is 23.3 Å². The molecule has 0 fully saturated rings. The first-order valence-corrected chi connectivity index (χ1v) is 6.64. The molecule has 0 unspecified atom stereocenters. The first-order valence-electron chi connectivity index (χ1n) is 6.27. The molecule has 0 atom stereocenters. The van der Waals surface area contributed by atoms with Crippen LogP contribution in [0.4, 0.5) is 5.69 Å². The maximum Gasteiger partial charge on any atom is 0.335 e. The van der Waals surface area contributed by atoms with Crippen molar-refractivity contribution in [3.05, 3.63) is 64.2 Å². The lowest BCUT2D eigenvalue weighted by molar-refractivity contribution is 0.0696. The van der Waals surface area contributed by atoms with Gasteiger partial charge in [0.1, 0.15) is 0 Å². The summed E-state index contributed by atoms with van der Waals surface area (Å²) in [5, 5.41) is 9.75. The van der Waals surface area contributed by atoms with Crippen molar-refractivity contribution in [2.75, 3.05) is 11.9 Å². The number of carboxylic acids is 1. The van der Waals surface area contributed by atoms with Crippen LogP contribution in [0.5, 0.6) is 0 Å². The molecule has 3 nitrogen and oxygen atoms in total. The van der Waals surface area contributed by atoms with Crippen LogP contribution in [-0.2, 0) is 6.54 Å². The van der Waals surface area contributed by atoms with Gasteiger partial charge in [0.05, 0.1) is 5.56 Å². The Morgan fingerprint density at radius 1 is 1.25 bits per heavy atom. The highest BCUT2D eigenvalue weighted by molar-refractivity contribution is 6.30. The Morgan fingerprint density at radius 3 is 2.60 bits per heavy atom. The van der Waals surface area contributed by atoms with Crippen LogP contribution in [0.3, 0.4) is 0 Å². The average Bonchev–Trinajstić information content (AvgIpc) is 2.38. The van der Waals surface area contributed by atoms with E-state index in [0.29, 0.717) is 17.1 Å². The Bertz CT molecular complexity index is 640. The van der Waals surface area contributed by atoms with E-state index in [0.717, 1.165) is 16.8 Å². The zero-order valence-corrected chi connectivity index (χ0v) is 12.2. The summed E-state index contributed by atoms with van der Waals surface area (Å²) in [6.07, 6.45) is 0. The van der Waals surface area contributed by atoms with Gasteiger partial charge in [-0.2, -0.15) is 0 Å². The van der Waals surface area contributed by atoms with Crippen LogP contribution in [0.15, 0.2) is 42.5 Å². The number of anilines is 1. The number of hydrogen-bond donors (Lipinski definition) is 1. The van der Waals surface area contributed by atoms with Gasteiger partial charge < -0.3 is 10.0 Å². The SMILES string of the molecule is Cc1cc(N(C)Cc2cccc(Cl)c2)ccc1C(=O)O. The fraction of sp³-hybridized carbons (Fsp3) is 0.188. The summed E-state index contributed by atoms with van der Waals surface area (Å²) in [7, 11) is 1.97. The molecule has 0 bridgehead atoms. The molecule has 0 spiro atoms. The number of nitrogens with zero attached hydrogens (tertiary/aromatic N) is 1. The van der Waals surface area contributed by atoms with Crippen LogP contribution in [0, 0.1) is 6.92 Å². The minimum atomic E-state index is -0.897. The van der Waals surface area contributed by atoms with Gasteiger partial charge in [-0.05, 0) is 48.4 Å². The van der Waals surface area contributed by atoms with Gasteiger partial charge in [0.2, 0.25) is 0 Å². The fourth-order valence-corrected chi connectivity index (χ4v) is 2.34. The summed E-state index contributed by atoms with van der Waals surface area (Å²) in [6.45, 7) is 2.52. The zero-order chi connectivity index (χ0) is 14.7. The molecule has 0 saturated carbocycles. The summed E-state index contributed by atoms with van der Waals surface area (Å²) in [5.41, 5.74) is 3.19. The molecular weight excluding hydrogens is 274 g/mol. The third-order valence-corrected chi connectivity index (χ3v) is 3.43. The molecule has 2 aromatic carbocycles. The summed E-state index contributed by atoms with van der Waals surface area (Å²) in [4.78, 5) is 13.1. The van der Waals surface area contributed by atoms with Crippen molar-refractivity contribution < 1.29 is 9.90 Å². The number of benzene rings is 2. The van der Waals surface area contributed by atoms with Crippen molar-refractivity contribution in [1.82, 2.24) is 0 Å². The maximum atomic E-state index is 11.0. The van der Waals surface area contributed by atoms with E-state index < -0.39 is 5.97 Å². The molecule has 0 aromatic heterocycles. The number of aryl methyl sites for hydroxylation is 1. The zero-order valence-electron chi connectivity index (χ0n) is 11.4. The molecule has 2 rings (SSSR count). The van der Waals surface area contributed by atoms with E-state index in [9.17, 15) is 4.79 Å². The first kappa shape index (κ1) is 14.4. The highest BCUT2D eigenvalue weighted by Gasteiger charge is 2.09. The predicted molar refractivity (Wildman–Crippen MR) is 81.7 cm³/mol. The number of carbonyl (C=O) groups is 1. The second kappa shape index (κ2) is 5.97. The molecule has 0 radical (unpaired) electrons. The molecule has 20 heavy (non-hydrogen) atoms. The van der Waals surface area contributed by atoms with Crippen LogP contribution >= 0.6 is 11.6 Å². The van der Waals surface area contributed by atoms with E-state index >= 15 is 0 Å². The smallest absolute Gasteiger partial charge is 0.335 e. The molecule has 2 aromatic rings. The van der Waals surface area contributed by atoms with Crippen LogP contribution in [0.25, 0.3) is 0 Å². The quantitative estimate of drug-likeness (QED) is 0.925. The third kappa shape index (κ3) is 3.31. The number of aromatic carboxylic acids is 1. The summed E-state index contributed by atoms with van der Waals surface area (Å²) >= 11 is 5.97. The second-order valence-corrected chi connectivity index (χ2v) is 5.23. The van der Waals surface area contributed by atoms with Crippen molar-refractivity contribution in [2.45, 2.75) is 13.5 Å². The molecule has 0 heterocycles. The van der Waals surface area contributed by atoms with Gasteiger partial charge in [-0.15, -0.1) is 0 Å². The summed E-state index contributed by atoms with van der Waals surface area (Å²) in [5.74, 6) is -0.897. The molecule has 0 aliphatic rings. The lowest BCUT2D eigenvalue weighted by atomic mass is 10.1. The van der Waals surface area contributed by atoms with E-state index in [4.69, 9.17) is 16.7 Å². The van der Waals surface area contributed by atoms with Gasteiger partial charge in [0.15, 0.2) is 0 Å². The number of hydrogen-bond acceptors (Lipinski definition) is 2. The second-order valence-electron chi connectivity index (χ2n) is 4.79. The molecule has 0 saturated heterocycles.